The van der Waals surface area contributed by atoms with Gasteiger partial charge in [-0.05, 0) is 68.7 Å². The fourth-order valence-electron chi connectivity index (χ4n) is 3.28. The van der Waals surface area contributed by atoms with E-state index < -0.39 is 28.5 Å². The van der Waals surface area contributed by atoms with Gasteiger partial charge in [-0.25, -0.2) is 8.42 Å². The van der Waals surface area contributed by atoms with Crippen LogP contribution >= 0.6 is 31.9 Å². The van der Waals surface area contributed by atoms with Gasteiger partial charge in [0, 0.05) is 21.5 Å². The molecular formula is C24H31Br2N3O4S. The molecule has 2 aromatic rings. The van der Waals surface area contributed by atoms with Gasteiger partial charge in [-0.15, -0.1) is 0 Å². The molecule has 0 aliphatic heterocycles. The molecule has 0 aromatic heterocycles. The lowest BCUT2D eigenvalue weighted by Crippen LogP contribution is -2.52. The van der Waals surface area contributed by atoms with Crippen LogP contribution in [0.2, 0.25) is 0 Å². The van der Waals surface area contributed by atoms with Crippen LogP contribution in [0.25, 0.3) is 0 Å². The summed E-state index contributed by atoms with van der Waals surface area (Å²) in [4.78, 5) is 27.9. The van der Waals surface area contributed by atoms with E-state index in [0.29, 0.717) is 5.69 Å². The van der Waals surface area contributed by atoms with Crippen molar-refractivity contribution >= 4 is 59.4 Å². The molecule has 0 fully saturated rings. The van der Waals surface area contributed by atoms with E-state index in [9.17, 15) is 18.0 Å². The Balaban J connectivity index is 2.41. The van der Waals surface area contributed by atoms with Crippen molar-refractivity contribution in [3.8, 4) is 0 Å². The van der Waals surface area contributed by atoms with E-state index in [4.69, 9.17) is 0 Å². The Morgan fingerprint density at radius 1 is 1.09 bits per heavy atom. The molecule has 10 heteroatoms. The number of aryl methyl sites for hydroxylation is 1. The standard InChI is InChI=1S/C24H31Br2N3O4S/c1-6-17(3)27-24(31)18(4)28(14-19-8-7-9-20(25)13-19)23(30)15-29(34(5,32)33)21-10-11-22(26)16(2)12-21/h7-13,17-18H,6,14-15H2,1-5H3,(H,27,31)/t17-,18-/m1/s1. The minimum absolute atomic E-state index is 0.0453. The van der Waals surface area contributed by atoms with Crippen LogP contribution in [0, 0.1) is 6.92 Å². The number of hydrogen-bond donors (Lipinski definition) is 1. The molecule has 0 bridgehead atoms. The number of benzene rings is 2. The highest BCUT2D eigenvalue weighted by Gasteiger charge is 2.30. The lowest BCUT2D eigenvalue weighted by Gasteiger charge is -2.32. The Hall–Kier alpha value is -1.91. The molecule has 186 valence electrons. The topological polar surface area (TPSA) is 86.8 Å². The lowest BCUT2D eigenvalue weighted by molar-refractivity contribution is -0.139. The number of rotatable bonds is 10. The Morgan fingerprint density at radius 2 is 1.76 bits per heavy atom. The summed E-state index contributed by atoms with van der Waals surface area (Å²) in [5.74, 6) is -0.763. The van der Waals surface area contributed by atoms with E-state index in [2.05, 4.69) is 37.2 Å². The number of hydrogen-bond acceptors (Lipinski definition) is 4. The van der Waals surface area contributed by atoms with E-state index in [-0.39, 0.29) is 18.5 Å². The maximum Gasteiger partial charge on any atom is 0.244 e. The SMILES string of the molecule is CC[C@@H](C)NC(=O)[C@@H](C)N(Cc1cccc(Br)c1)C(=O)CN(c1ccc(Br)c(C)c1)S(C)(=O)=O. The van der Waals surface area contributed by atoms with Gasteiger partial charge in [-0.1, -0.05) is 50.9 Å². The molecule has 0 aliphatic carbocycles. The van der Waals surface area contributed by atoms with Crippen LogP contribution in [0.1, 0.15) is 38.3 Å². The molecule has 0 spiro atoms. The van der Waals surface area contributed by atoms with Gasteiger partial charge in [0.1, 0.15) is 12.6 Å². The number of carbonyl (C=O) groups is 2. The first kappa shape index (κ1) is 28.3. The smallest absolute Gasteiger partial charge is 0.244 e. The summed E-state index contributed by atoms with van der Waals surface area (Å²) >= 11 is 6.85. The second kappa shape index (κ2) is 12.2. The van der Waals surface area contributed by atoms with Crippen LogP contribution in [-0.4, -0.2) is 50.0 Å². The van der Waals surface area contributed by atoms with E-state index in [1.54, 1.807) is 25.1 Å². The summed E-state index contributed by atoms with van der Waals surface area (Å²) in [7, 11) is -3.76. The van der Waals surface area contributed by atoms with Crippen LogP contribution in [0.3, 0.4) is 0 Å². The second-order valence-corrected chi connectivity index (χ2v) is 12.0. The van der Waals surface area contributed by atoms with Gasteiger partial charge >= 0.3 is 0 Å². The summed E-state index contributed by atoms with van der Waals surface area (Å²) in [6.07, 6.45) is 1.82. The van der Waals surface area contributed by atoms with Crippen LogP contribution in [0.15, 0.2) is 51.4 Å². The quantitative estimate of drug-likeness (QED) is 0.422. The molecule has 2 atom stereocenters. The molecule has 0 aliphatic rings. The van der Waals surface area contributed by atoms with E-state index in [1.165, 1.54) is 4.90 Å². The number of amides is 2. The average molecular weight is 617 g/mol. The maximum absolute atomic E-state index is 13.5. The van der Waals surface area contributed by atoms with Gasteiger partial charge in [0.15, 0.2) is 0 Å². The van der Waals surface area contributed by atoms with Gasteiger partial charge in [-0.2, -0.15) is 0 Å². The van der Waals surface area contributed by atoms with Gasteiger partial charge in [0.05, 0.1) is 11.9 Å². The molecule has 0 saturated carbocycles. The first-order valence-electron chi connectivity index (χ1n) is 10.9. The molecule has 0 heterocycles. The number of carbonyl (C=O) groups excluding carboxylic acids is 2. The molecule has 2 aromatic carbocycles. The predicted molar refractivity (Wildman–Crippen MR) is 143 cm³/mol. The lowest BCUT2D eigenvalue weighted by atomic mass is 10.1. The third kappa shape index (κ3) is 7.81. The highest BCUT2D eigenvalue weighted by molar-refractivity contribution is 9.10. The Bertz CT molecular complexity index is 1140. The van der Waals surface area contributed by atoms with E-state index in [0.717, 1.165) is 37.1 Å². The summed E-state index contributed by atoms with van der Waals surface area (Å²) in [5, 5.41) is 2.91. The summed E-state index contributed by atoms with van der Waals surface area (Å²) in [6.45, 7) is 7.09. The molecule has 1 N–H and O–H groups in total. The third-order valence-corrected chi connectivity index (χ3v) is 8.04. The minimum atomic E-state index is -3.76. The molecule has 0 radical (unpaired) electrons. The van der Waals surface area contributed by atoms with Crippen molar-refractivity contribution in [2.75, 3.05) is 17.1 Å². The van der Waals surface area contributed by atoms with Gasteiger partial charge < -0.3 is 10.2 Å². The first-order chi connectivity index (χ1) is 15.8. The zero-order chi connectivity index (χ0) is 25.6. The van der Waals surface area contributed by atoms with Gasteiger partial charge in [0.2, 0.25) is 21.8 Å². The minimum Gasteiger partial charge on any atom is -0.352 e. The number of nitrogens with zero attached hydrogens (tertiary/aromatic N) is 2. The van der Waals surface area contributed by atoms with Crippen molar-refractivity contribution in [2.45, 2.75) is 52.7 Å². The normalized spacial score (nSPS) is 13.1. The fraction of sp³-hybridized carbons (Fsp3) is 0.417. The summed E-state index contributed by atoms with van der Waals surface area (Å²) in [5.41, 5.74) is 2.04. The highest BCUT2D eigenvalue weighted by Crippen LogP contribution is 2.25. The van der Waals surface area contributed by atoms with Crippen LogP contribution < -0.4 is 9.62 Å². The largest absolute Gasteiger partial charge is 0.352 e. The van der Waals surface area contributed by atoms with Crippen molar-refractivity contribution in [3.05, 3.63) is 62.5 Å². The Kier molecular flexibility index (Phi) is 10.1. The van der Waals surface area contributed by atoms with Gasteiger partial charge in [0.25, 0.3) is 0 Å². The monoisotopic (exact) mass is 615 g/mol. The third-order valence-electron chi connectivity index (χ3n) is 5.52. The number of nitrogens with one attached hydrogen (secondary N) is 1. The molecule has 0 unspecified atom stereocenters. The van der Waals surface area contributed by atoms with Crippen LogP contribution in [0.4, 0.5) is 5.69 Å². The molecule has 2 amide bonds. The summed E-state index contributed by atoms with van der Waals surface area (Å²) in [6, 6.07) is 11.7. The van der Waals surface area contributed by atoms with E-state index in [1.807, 2.05) is 45.0 Å². The van der Waals surface area contributed by atoms with E-state index >= 15 is 0 Å². The Labute approximate surface area is 219 Å². The number of anilines is 1. The fourth-order valence-corrected chi connectivity index (χ4v) is 4.81. The van der Waals surface area contributed by atoms with Crippen molar-refractivity contribution in [1.82, 2.24) is 10.2 Å². The number of sulfonamides is 1. The predicted octanol–water partition coefficient (Wildman–Crippen LogP) is 4.62. The van der Waals surface area contributed by atoms with Crippen molar-refractivity contribution < 1.29 is 18.0 Å². The maximum atomic E-state index is 13.5. The molecule has 0 saturated heterocycles. The van der Waals surface area contributed by atoms with Crippen molar-refractivity contribution in [1.29, 1.82) is 0 Å². The molecule has 34 heavy (non-hydrogen) atoms. The Morgan fingerprint density at radius 3 is 2.32 bits per heavy atom. The molecule has 2 rings (SSSR count). The van der Waals surface area contributed by atoms with Crippen LogP contribution in [-0.2, 0) is 26.2 Å². The summed E-state index contributed by atoms with van der Waals surface area (Å²) < 4.78 is 28.0. The van der Waals surface area contributed by atoms with Gasteiger partial charge in [-0.3, -0.25) is 13.9 Å². The zero-order valence-electron chi connectivity index (χ0n) is 20.0. The zero-order valence-corrected chi connectivity index (χ0v) is 24.0. The highest BCUT2D eigenvalue weighted by atomic mass is 79.9. The van der Waals surface area contributed by atoms with Crippen LogP contribution in [0.5, 0.6) is 0 Å². The first-order valence-corrected chi connectivity index (χ1v) is 14.3. The van der Waals surface area contributed by atoms with Crippen molar-refractivity contribution in [3.63, 3.8) is 0 Å². The molecular weight excluding hydrogens is 586 g/mol. The average Bonchev–Trinajstić information content (AvgIpc) is 2.76. The second-order valence-electron chi connectivity index (χ2n) is 8.35. The molecule has 7 nitrogen and oxygen atoms in total. The van der Waals surface area contributed by atoms with Crippen molar-refractivity contribution in [2.24, 2.45) is 0 Å². The number of halogens is 2.